The molecular formula is C12H14BrF3S. The molecule has 1 aromatic carbocycles. The zero-order valence-electron chi connectivity index (χ0n) is 9.27. The van der Waals surface area contributed by atoms with E-state index in [1.807, 2.05) is 0 Å². The van der Waals surface area contributed by atoms with Crippen molar-refractivity contribution in [3.63, 3.8) is 0 Å². The lowest BCUT2D eigenvalue weighted by atomic mass is 10.2. The Balaban J connectivity index is 2.44. The predicted octanol–water partition coefficient (Wildman–Crippen LogP) is 5.36. The SMILES string of the molecule is FC(F)(F)c1cccc(SCCCCCBr)c1. The zero-order chi connectivity index (χ0) is 12.7. The first kappa shape index (κ1) is 14.9. The van der Waals surface area contributed by atoms with Gasteiger partial charge >= 0.3 is 6.18 Å². The highest BCUT2D eigenvalue weighted by Crippen LogP contribution is 2.32. The second-order valence-electron chi connectivity index (χ2n) is 3.62. The van der Waals surface area contributed by atoms with Crippen molar-refractivity contribution in [3.8, 4) is 0 Å². The van der Waals surface area contributed by atoms with Crippen LogP contribution in [-0.2, 0) is 6.18 Å². The smallest absolute Gasteiger partial charge is 0.166 e. The number of benzene rings is 1. The highest BCUT2D eigenvalue weighted by molar-refractivity contribution is 9.09. The molecule has 5 heteroatoms. The Bertz CT molecular complexity index is 339. The van der Waals surface area contributed by atoms with Crippen molar-refractivity contribution < 1.29 is 13.2 Å². The summed E-state index contributed by atoms with van der Waals surface area (Å²) in [7, 11) is 0. The Hall–Kier alpha value is -0.160. The molecule has 0 saturated carbocycles. The van der Waals surface area contributed by atoms with Crippen LogP contribution >= 0.6 is 27.7 Å². The monoisotopic (exact) mass is 326 g/mol. The summed E-state index contributed by atoms with van der Waals surface area (Å²) in [5, 5.41) is 0.987. The van der Waals surface area contributed by atoms with E-state index in [1.165, 1.54) is 23.9 Å². The molecule has 0 saturated heterocycles. The third-order valence-corrected chi connectivity index (χ3v) is 3.85. The van der Waals surface area contributed by atoms with Gasteiger partial charge in [0, 0.05) is 10.2 Å². The summed E-state index contributed by atoms with van der Waals surface area (Å²) >= 11 is 4.83. The van der Waals surface area contributed by atoms with Crippen molar-refractivity contribution in [2.45, 2.75) is 30.3 Å². The molecule has 0 nitrogen and oxygen atoms in total. The summed E-state index contributed by atoms with van der Waals surface area (Å²) in [5.41, 5.74) is -0.567. The van der Waals surface area contributed by atoms with Crippen LogP contribution in [0.2, 0.25) is 0 Å². The lowest BCUT2D eigenvalue weighted by Crippen LogP contribution is -2.04. The lowest BCUT2D eigenvalue weighted by Gasteiger charge is -2.08. The fraction of sp³-hybridized carbons (Fsp3) is 0.500. The van der Waals surface area contributed by atoms with Crippen molar-refractivity contribution in [2.75, 3.05) is 11.1 Å². The molecule has 1 rings (SSSR count). The van der Waals surface area contributed by atoms with Crippen molar-refractivity contribution in [2.24, 2.45) is 0 Å². The van der Waals surface area contributed by atoms with Crippen molar-refractivity contribution in [1.82, 2.24) is 0 Å². The first-order chi connectivity index (χ1) is 8.04. The van der Waals surface area contributed by atoms with Crippen LogP contribution < -0.4 is 0 Å². The van der Waals surface area contributed by atoms with Crippen LogP contribution in [0.15, 0.2) is 29.2 Å². The number of hydrogen-bond donors (Lipinski definition) is 0. The average molecular weight is 327 g/mol. The Labute approximate surface area is 112 Å². The molecule has 0 aromatic heterocycles. The van der Waals surface area contributed by atoms with Crippen LogP contribution in [0.3, 0.4) is 0 Å². The molecule has 0 atom stereocenters. The maximum absolute atomic E-state index is 12.4. The second kappa shape index (κ2) is 7.31. The number of thioether (sulfide) groups is 1. The Morgan fingerprint density at radius 1 is 1.12 bits per heavy atom. The van der Waals surface area contributed by atoms with Gasteiger partial charge in [0.25, 0.3) is 0 Å². The molecule has 96 valence electrons. The summed E-state index contributed by atoms with van der Waals surface area (Å²) in [6.45, 7) is 0. The number of alkyl halides is 4. The Morgan fingerprint density at radius 3 is 2.53 bits per heavy atom. The molecule has 0 N–H and O–H groups in total. The summed E-state index contributed by atoms with van der Waals surface area (Å²) in [5.74, 6) is 0.869. The van der Waals surface area contributed by atoms with Gasteiger partial charge in [-0.1, -0.05) is 28.4 Å². The maximum atomic E-state index is 12.4. The molecule has 0 aliphatic carbocycles. The molecule has 0 bridgehead atoms. The molecule has 0 spiro atoms. The molecule has 17 heavy (non-hydrogen) atoms. The third kappa shape index (κ3) is 5.82. The summed E-state index contributed by atoms with van der Waals surface area (Å²) < 4.78 is 37.3. The van der Waals surface area contributed by atoms with Crippen LogP contribution in [0.5, 0.6) is 0 Å². The Kier molecular flexibility index (Phi) is 6.41. The molecule has 0 unspecified atom stereocenters. The van der Waals surface area contributed by atoms with Crippen LogP contribution in [0.4, 0.5) is 13.2 Å². The molecule has 1 aromatic rings. The third-order valence-electron chi connectivity index (χ3n) is 2.21. The van der Waals surface area contributed by atoms with Gasteiger partial charge in [-0.25, -0.2) is 0 Å². The van der Waals surface area contributed by atoms with E-state index in [9.17, 15) is 13.2 Å². The minimum atomic E-state index is -4.24. The largest absolute Gasteiger partial charge is 0.416 e. The fourth-order valence-corrected chi connectivity index (χ4v) is 2.69. The van der Waals surface area contributed by atoms with E-state index in [2.05, 4.69) is 15.9 Å². The molecule has 0 heterocycles. The Morgan fingerprint density at radius 2 is 1.88 bits per heavy atom. The number of rotatable bonds is 6. The molecule has 0 aliphatic heterocycles. The molecular weight excluding hydrogens is 313 g/mol. The summed E-state index contributed by atoms with van der Waals surface area (Å²) in [4.78, 5) is 0.693. The second-order valence-corrected chi connectivity index (χ2v) is 5.59. The van der Waals surface area contributed by atoms with Crippen LogP contribution in [0, 0.1) is 0 Å². The van der Waals surface area contributed by atoms with Crippen molar-refractivity contribution in [1.29, 1.82) is 0 Å². The highest BCUT2D eigenvalue weighted by atomic mass is 79.9. The molecule has 0 radical (unpaired) electrons. The van der Waals surface area contributed by atoms with E-state index >= 15 is 0 Å². The standard InChI is InChI=1S/C12H14BrF3S/c13-7-2-1-3-8-17-11-6-4-5-10(9-11)12(14,15)16/h4-6,9H,1-3,7-8H2. The molecule has 0 fully saturated rings. The molecule has 0 amide bonds. The van der Waals surface area contributed by atoms with Crippen LogP contribution in [0.25, 0.3) is 0 Å². The van der Waals surface area contributed by atoms with E-state index in [4.69, 9.17) is 0 Å². The lowest BCUT2D eigenvalue weighted by molar-refractivity contribution is -0.137. The summed E-state index contributed by atoms with van der Waals surface area (Å²) in [6, 6.07) is 5.51. The van der Waals surface area contributed by atoms with Gasteiger partial charge in [-0.15, -0.1) is 11.8 Å². The first-order valence-electron chi connectivity index (χ1n) is 5.40. The van der Waals surface area contributed by atoms with Gasteiger partial charge in [-0.3, -0.25) is 0 Å². The van der Waals surface area contributed by atoms with E-state index in [0.29, 0.717) is 4.90 Å². The van der Waals surface area contributed by atoms with E-state index in [-0.39, 0.29) is 0 Å². The van der Waals surface area contributed by atoms with E-state index < -0.39 is 11.7 Å². The number of hydrogen-bond acceptors (Lipinski definition) is 1. The molecule has 0 aliphatic rings. The average Bonchev–Trinajstić information content (AvgIpc) is 2.28. The van der Waals surface area contributed by atoms with Crippen LogP contribution in [-0.4, -0.2) is 11.1 Å². The first-order valence-corrected chi connectivity index (χ1v) is 7.51. The quantitative estimate of drug-likeness (QED) is 0.385. The number of unbranched alkanes of at least 4 members (excludes halogenated alkanes) is 2. The van der Waals surface area contributed by atoms with Gasteiger partial charge in [0.2, 0.25) is 0 Å². The zero-order valence-corrected chi connectivity index (χ0v) is 11.7. The minimum Gasteiger partial charge on any atom is -0.166 e. The fourth-order valence-electron chi connectivity index (χ4n) is 1.33. The van der Waals surface area contributed by atoms with E-state index in [1.54, 1.807) is 6.07 Å². The van der Waals surface area contributed by atoms with Gasteiger partial charge in [0.1, 0.15) is 0 Å². The predicted molar refractivity (Wildman–Crippen MR) is 69.8 cm³/mol. The van der Waals surface area contributed by atoms with Gasteiger partial charge < -0.3 is 0 Å². The van der Waals surface area contributed by atoms with Gasteiger partial charge in [-0.2, -0.15) is 13.2 Å². The minimum absolute atomic E-state index is 0.567. The van der Waals surface area contributed by atoms with Gasteiger partial charge in [-0.05, 0) is 36.8 Å². The van der Waals surface area contributed by atoms with Crippen molar-refractivity contribution >= 4 is 27.7 Å². The van der Waals surface area contributed by atoms with Gasteiger partial charge in [0.15, 0.2) is 0 Å². The number of halogens is 4. The van der Waals surface area contributed by atoms with Crippen LogP contribution in [0.1, 0.15) is 24.8 Å². The highest BCUT2D eigenvalue weighted by Gasteiger charge is 2.30. The van der Waals surface area contributed by atoms with Crippen molar-refractivity contribution in [3.05, 3.63) is 29.8 Å². The van der Waals surface area contributed by atoms with Gasteiger partial charge in [0.05, 0.1) is 5.56 Å². The maximum Gasteiger partial charge on any atom is 0.416 e. The van der Waals surface area contributed by atoms with E-state index in [0.717, 1.165) is 36.4 Å². The normalized spacial score (nSPS) is 11.8. The summed E-state index contributed by atoms with van der Waals surface area (Å²) in [6.07, 6.45) is -0.987. The topological polar surface area (TPSA) is 0 Å².